The maximum atomic E-state index is 13.7. The summed E-state index contributed by atoms with van der Waals surface area (Å²) in [5, 5.41) is 4.45. The third kappa shape index (κ3) is 4.78. The fraction of sp³-hybridized carbons (Fsp3) is 0.576. The summed E-state index contributed by atoms with van der Waals surface area (Å²) in [5.41, 5.74) is 1.23. The van der Waals surface area contributed by atoms with Gasteiger partial charge in [-0.05, 0) is 112 Å². The molecule has 0 aromatic carbocycles. The maximum absolute atomic E-state index is 13.7. The topological polar surface area (TPSA) is 123 Å². The highest BCUT2D eigenvalue weighted by Crippen LogP contribution is 2.93. The summed E-state index contributed by atoms with van der Waals surface area (Å²) in [6.45, 7) is 6.42. The molecule has 0 unspecified atom stereocenters. The smallest absolute Gasteiger partial charge is 0.281 e. The number of pyridine rings is 2. The lowest BCUT2D eigenvalue weighted by Gasteiger charge is -2.34. The van der Waals surface area contributed by atoms with Gasteiger partial charge in [0, 0.05) is 37.9 Å². The van der Waals surface area contributed by atoms with Crippen LogP contribution in [0.4, 0.5) is 11.6 Å². The number of fused-ring (bicyclic) bond motifs is 7. The van der Waals surface area contributed by atoms with Crippen LogP contribution >= 0.6 is 0 Å². The third-order valence-electron chi connectivity index (χ3n) is 11.3. The quantitative estimate of drug-likeness (QED) is 0.431. The summed E-state index contributed by atoms with van der Waals surface area (Å²) in [6.07, 6.45) is 11.4. The molecular weight excluding hydrogens is 590 g/mol. The van der Waals surface area contributed by atoms with Gasteiger partial charge in [0.05, 0.1) is 12.2 Å². The number of hydrogen-bond donors (Lipinski definition) is 1. The molecule has 45 heavy (non-hydrogen) atoms. The Bertz CT molecular complexity index is 1760. The molecule has 3 aromatic rings. The van der Waals surface area contributed by atoms with Crippen LogP contribution in [-0.4, -0.2) is 66.4 Å². The van der Waals surface area contributed by atoms with Crippen LogP contribution in [0.25, 0.3) is 5.82 Å². The molecule has 4 fully saturated rings. The number of nitrogens with one attached hydrogen (secondary N) is 1. The maximum Gasteiger partial charge on any atom is 0.281 e. The van der Waals surface area contributed by atoms with E-state index in [9.17, 15) is 13.2 Å². The third-order valence-corrected chi connectivity index (χ3v) is 12.5. The fourth-order valence-corrected chi connectivity index (χ4v) is 9.71. The first-order valence-electron chi connectivity index (χ1n) is 16.2. The molecule has 1 N–H and O–H groups in total. The number of hydrogen-bond acceptors (Lipinski definition) is 9. The largest absolute Gasteiger partial charge is 0.477 e. The van der Waals surface area contributed by atoms with Crippen LogP contribution in [0.3, 0.4) is 0 Å². The number of carbonyl (C=O) groups excluding carboxylic acids is 1. The van der Waals surface area contributed by atoms with Crippen LogP contribution in [0.5, 0.6) is 5.88 Å². The van der Waals surface area contributed by atoms with Gasteiger partial charge in [-0.25, -0.2) is 19.4 Å². The van der Waals surface area contributed by atoms with Gasteiger partial charge in [-0.2, -0.15) is 8.42 Å². The lowest BCUT2D eigenvalue weighted by Crippen LogP contribution is -2.41. The van der Waals surface area contributed by atoms with E-state index < -0.39 is 15.9 Å². The number of nitrogens with zero attached hydrogens (tertiary/aromatic N) is 6. The summed E-state index contributed by atoms with van der Waals surface area (Å²) in [4.78, 5) is 27.1. The first-order valence-corrected chi connectivity index (χ1v) is 17.7. The van der Waals surface area contributed by atoms with Gasteiger partial charge in [-0.3, -0.25) is 4.79 Å². The van der Waals surface area contributed by atoms with Gasteiger partial charge in [0.1, 0.15) is 11.6 Å². The number of carbonyl (C=O) groups is 1. The predicted octanol–water partition coefficient (Wildman–Crippen LogP) is 4.58. The average Bonchev–Trinajstić information content (AvgIpc) is 3.96. The zero-order valence-corrected chi connectivity index (χ0v) is 27.0. The molecule has 1 atom stereocenters. The molecule has 238 valence electrons. The molecule has 3 aliphatic carbocycles. The van der Waals surface area contributed by atoms with Crippen molar-refractivity contribution in [2.45, 2.75) is 75.8 Å². The van der Waals surface area contributed by atoms with Crippen LogP contribution in [-0.2, 0) is 10.0 Å². The van der Waals surface area contributed by atoms with Crippen molar-refractivity contribution in [3.8, 4) is 11.7 Å². The van der Waals surface area contributed by atoms with Crippen LogP contribution in [0.2, 0.25) is 0 Å². The molecule has 2 spiro atoms. The first-order chi connectivity index (χ1) is 21.5. The standard InChI is InChI=1S/C33H41N7O4S/c1-31(2)20-22-6-5-17-38(3)25-7-4-8-28(34-25)45(42,43)37-30(41)23-9-10-26(35-29(23)39(31)21-22)40-18-11-27(36-40)44-19-12-24-32(13-14-32)33(24)15-16-33/h4,7-11,18,22,24H,5-6,12-17,19-21H2,1-3H3,(H,37,41)/t22-/m0/s1. The Labute approximate surface area is 264 Å². The monoisotopic (exact) mass is 631 g/mol. The Kier molecular flexibility index (Phi) is 6.34. The van der Waals surface area contributed by atoms with Crippen molar-refractivity contribution in [1.29, 1.82) is 0 Å². The van der Waals surface area contributed by atoms with Crippen molar-refractivity contribution < 1.29 is 17.9 Å². The molecule has 11 nitrogen and oxygen atoms in total. The van der Waals surface area contributed by atoms with Gasteiger partial charge in [-0.15, -0.1) is 5.10 Å². The van der Waals surface area contributed by atoms with Crippen molar-refractivity contribution in [1.82, 2.24) is 24.5 Å². The van der Waals surface area contributed by atoms with E-state index in [1.807, 2.05) is 24.2 Å². The SMILES string of the molecule is CN1CCC[C@@H]2CN(c3nc(-n4ccc(OCCC5C6(CC6)C56CC6)n4)ccc3C(=O)NS(=O)(=O)c3cccc1n3)C(C)(C)C2. The summed E-state index contributed by atoms with van der Waals surface area (Å²) >= 11 is 0. The number of aromatic nitrogens is 4. The highest BCUT2D eigenvalue weighted by Gasteiger charge is 2.85. The highest BCUT2D eigenvalue weighted by molar-refractivity contribution is 7.90. The second-order valence-corrected chi connectivity index (χ2v) is 16.1. The van der Waals surface area contributed by atoms with E-state index in [4.69, 9.17) is 9.72 Å². The molecule has 2 aliphatic heterocycles. The molecule has 1 saturated heterocycles. The van der Waals surface area contributed by atoms with Crippen molar-refractivity contribution in [3.63, 3.8) is 0 Å². The summed E-state index contributed by atoms with van der Waals surface area (Å²) in [7, 11) is -2.32. The van der Waals surface area contributed by atoms with E-state index >= 15 is 0 Å². The van der Waals surface area contributed by atoms with E-state index in [1.165, 1.54) is 31.7 Å². The Morgan fingerprint density at radius 1 is 1.02 bits per heavy atom. The highest BCUT2D eigenvalue weighted by atomic mass is 32.2. The minimum absolute atomic E-state index is 0.190. The van der Waals surface area contributed by atoms with E-state index in [1.54, 1.807) is 28.9 Å². The predicted molar refractivity (Wildman–Crippen MR) is 169 cm³/mol. The molecular formula is C33H41N7O4S. The van der Waals surface area contributed by atoms with Crippen LogP contribution in [0.15, 0.2) is 47.6 Å². The summed E-state index contributed by atoms with van der Waals surface area (Å²) in [5.74, 6) is 2.54. The lowest BCUT2D eigenvalue weighted by molar-refractivity contribution is 0.0981. The molecule has 1 amide bonds. The Hall–Kier alpha value is -3.67. The fourth-order valence-electron chi connectivity index (χ4n) is 8.78. The van der Waals surface area contributed by atoms with Crippen molar-refractivity contribution in [2.75, 3.05) is 36.5 Å². The van der Waals surface area contributed by atoms with E-state index in [2.05, 4.69) is 33.6 Å². The number of sulfonamides is 1. The number of ether oxygens (including phenoxy) is 1. The van der Waals surface area contributed by atoms with Crippen molar-refractivity contribution in [3.05, 3.63) is 48.2 Å². The van der Waals surface area contributed by atoms with E-state index in [0.717, 1.165) is 38.1 Å². The molecule has 4 bridgehead atoms. The van der Waals surface area contributed by atoms with Gasteiger partial charge in [0.25, 0.3) is 15.9 Å². The number of rotatable bonds is 5. The van der Waals surface area contributed by atoms with E-state index in [0.29, 0.717) is 53.2 Å². The van der Waals surface area contributed by atoms with Crippen molar-refractivity contribution >= 4 is 27.6 Å². The normalized spacial score (nSPS) is 25.3. The summed E-state index contributed by atoms with van der Waals surface area (Å²) in [6, 6.07) is 10.0. The van der Waals surface area contributed by atoms with Gasteiger partial charge in [0.2, 0.25) is 5.88 Å². The molecule has 3 saturated carbocycles. The molecule has 12 heteroatoms. The average molecular weight is 632 g/mol. The second kappa shape index (κ2) is 9.91. The summed E-state index contributed by atoms with van der Waals surface area (Å²) < 4.78 is 36.7. The molecule has 8 rings (SSSR count). The van der Waals surface area contributed by atoms with Crippen LogP contribution in [0, 0.1) is 22.7 Å². The Balaban J connectivity index is 1.08. The van der Waals surface area contributed by atoms with Crippen LogP contribution < -0.4 is 19.3 Å². The van der Waals surface area contributed by atoms with E-state index in [-0.39, 0.29) is 16.1 Å². The lowest BCUT2D eigenvalue weighted by atomic mass is 9.93. The molecule has 3 aromatic heterocycles. The van der Waals surface area contributed by atoms with Gasteiger partial charge in [-0.1, -0.05) is 6.07 Å². The Morgan fingerprint density at radius 3 is 2.56 bits per heavy atom. The molecule has 5 heterocycles. The minimum atomic E-state index is -4.23. The Morgan fingerprint density at radius 2 is 1.80 bits per heavy atom. The number of amides is 1. The first kappa shape index (κ1) is 28.8. The molecule has 5 aliphatic rings. The molecule has 0 radical (unpaired) electrons. The van der Waals surface area contributed by atoms with Gasteiger partial charge < -0.3 is 14.5 Å². The zero-order chi connectivity index (χ0) is 31.2. The van der Waals surface area contributed by atoms with Gasteiger partial charge >= 0.3 is 0 Å². The van der Waals surface area contributed by atoms with Crippen molar-refractivity contribution in [2.24, 2.45) is 22.7 Å². The number of anilines is 2. The zero-order valence-electron chi connectivity index (χ0n) is 26.2. The van der Waals surface area contributed by atoms with Crippen LogP contribution in [0.1, 0.15) is 75.6 Å². The second-order valence-electron chi connectivity index (χ2n) is 14.5. The van der Waals surface area contributed by atoms with Gasteiger partial charge in [0.15, 0.2) is 10.8 Å². The minimum Gasteiger partial charge on any atom is -0.477 e.